The predicted octanol–water partition coefficient (Wildman–Crippen LogP) is -0.461. The van der Waals surface area contributed by atoms with Gasteiger partial charge >= 0.3 is 0 Å². The summed E-state index contributed by atoms with van der Waals surface area (Å²) in [6.07, 6.45) is -2.62. The molecule has 0 heterocycles. The molecule has 6 nitrogen and oxygen atoms in total. The van der Waals surface area contributed by atoms with Crippen LogP contribution in [0.2, 0.25) is 0 Å². The predicted molar refractivity (Wildman–Crippen MR) is 67.8 cm³/mol. The van der Waals surface area contributed by atoms with Gasteiger partial charge < -0.3 is 20.8 Å². The molecule has 2 atom stereocenters. The molecule has 2 amide bonds. The SMILES string of the molecule is CCNC(=O)C(O)C(O)CCC(=O)NC(C)(C)C. The lowest BCUT2D eigenvalue weighted by Crippen LogP contribution is -2.44. The molecule has 18 heavy (non-hydrogen) atoms. The number of aliphatic hydroxyl groups is 2. The number of carbonyl (C=O) groups excluding carboxylic acids is 2. The summed E-state index contributed by atoms with van der Waals surface area (Å²) in [5.41, 5.74) is -0.333. The van der Waals surface area contributed by atoms with Gasteiger partial charge in [0.15, 0.2) is 6.10 Å². The average Bonchev–Trinajstić information content (AvgIpc) is 2.22. The molecule has 0 saturated carbocycles. The smallest absolute Gasteiger partial charge is 0.251 e. The van der Waals surface area contributed by atoms with Crippen LogP contribution in [0.15, 0.2) is 0 Å². The summed E-state index contributed by atoms with van der Waals surface area (Å²) in [4.78, 5) is 22.7. The zero-order chi connectivity index (χ0) is 14.3. The maximum Gasteiger partial charge on any atom is 0.251 e. The summed E-state index contributed by atoms with van der Waals surface area (Å²) in [7, 11) is 0. The molecule has 4 N–H and O–H groups in total. The van der Waals surface area contributed by atoms with Crippen molar-refractivity contribution < 1.29 is 19.8 Å². The Bertz CT molecular complexity index is 286. The topological polar surface area (TPSA) is 98.7 Å². The number of hydrogen-bond donors (Lipinski definition) is 4. The summed E-state index contributed by atoms with van der Waals surface area (Å²) >= 11 is 0. The van der Waals surface area contributed by atoms with E-state index >= 15 is 0 Å². The molecular weight excluding hydrogens is 236 g/mol. The maximum atomic E-state index is 11.5. The van der Waals surface area contributed by atoms with Crippen LogP contribution in [0.25, 0.3) is 0 Å². The lowest BCUT2D eigenvalue weighted by Gasteiger charge is -2.21. The first kappa shape index (κ1) is 16.9. The van der Waals surface area contributed by atoms with Gasteiger partial charge in [0.1, 0.15) is 0 Å². The van der Waals surface area contributed by atoms with Crippen LogP contribution in [-0.4, -0.2) is 46.3 Å². The van der Waals surface area contributed by atoms with Crippen molar-refractivity contribution in [2.24, 2.45) is 0 Å². The summed E-state index contributed by atoms with van der Waals surface area (Å²) in [5, 5.41) is 24.2. The summed E-state index contributed by atoms with van der Waals surface area (Å²) in [6.45, 7) is 7.65. The highest BCUT2D eigenvalue weighted by molar-refractivity contribution is 5.81. The molecule has 0 aliphatic carbocycles. The van der Waals surface area contributed by atoms with E-state index in [9.17, 15) is 19.8 Å². The van der Waals surface area contributed by atoms with Crippen LogP contribution >= 0.6 is 0 Å². The van der Waals surface area contributed by atoms with Crippen LogP contribution in [0, 0.1) is 0 Å². The Balaban J connectivity index is 4.06. The molecular formula is C12H24N2O4. The Morgan fingerprint density at radius 2 is 1.78 bits per heavy atom. The monoisotopic (exact) mass is 260 g/mol. The van der Waals surface area contributed by atoms with Crippen molar-refractivity contribution in [1.82, 2.24) is 10.6 Å². The Morgan fingerprint density at radius 1 is 1.22 bits per heavy atom. The highest BCUT2D eigenvalue weighted by Gasteiger charge is 2.24. The summed E-state index contributed by atoms with van der Waals surface area (Å²) in [6, 6.07) is 0. The molecule has 106 valence electrons. The number of hydrogen-bond acceptors (Lipinski definition) is 4. The van der Waals surface area contributed by atoms with E-state index in [4.69, 9.17) is 0 Å². The fourth-order valence-electron chi connectivity index (χ4n) is 1.37. The molecule has 0 aliphatic rings. The fourth-order valence-corrected chi connectivity index (χ4v) is 1.37. The fraction of sp³-hybridized carbons (Fsp3) is 0.833. The first-order chi connectivity index (χ1) is 8.17. The van der Waals surface area contributed by atoms with Crippen LogP contribution in [0.4, 0.5) is 0 Å². The molecule has 0 bridgehead atoms. The first-order valence-electron chi connectivity index (χ1n) is 6.12. The van der Waals surface area contributed by atoms with E-state index in [1.54, 1.807) is 6.92 Å². The van der Waals surface area contributed by atoms with Crippen molar-refractivity contribution in [3.63, 3.8) is 0 Å². The van der Waals surface area contributed by atoms with E-state index in [1.165, 1.54) is 0 Å². The maximum absolute atomic E-state index is 11.5. The van der Waals surface area contributed by atoms with Gasteiger partial charge in [-0.15, -0.1) is 0 Å². The summed E-state index contributed by atoms with van der Waals surface area (Å²) < 4.78 is 0. The number of amides is 2. The molecule has 0 aromatic heterocycles. The van der Waals surface area contributed by atoms with E-state index < -0.39 is 18.1 Å². The van der Waals surface area contributed by atoms with Gasteiger partial charge in [0.25, 0.3) is 5.91 Å². The van der Waals surface area contributed by atoms with Crippen LogP contribution in [0.1, 0.15) is 40.5 Å². The van der Waals surface area contributed by atoms with Crippen LogP contribution in [-0.2, 0) is 9.59 Å². The van der Waals surface area contributed by atoms with Crippen LogP contribution in [0.3, 0.4) is 0 Å². The quantitative estimate of drug-likeness (QED) is 0.519. The van der Waals surface area contributed by atoms with Gasteiger partial charge in [-0.2, -0.15) is 0 Å². The molecule has 0 aromatic rings. The summed E-state index contributed by atoms with van der Waals surface area (Å²) in [5.74, 6) is -0.842. The molecule has 2 unspecified atom stereocenters. The Morgan fingerprint density at radius 3 is 2.22 bits per heavy atom. The molecule has 0 fully saturated rings. The Kier molecular flexibility index (Phi) is 6.86. The zero-order valence-corrected chi connectivity index (χ0v) is 11.5. The Hall–Kier alpha value is -1.14. The molecule has 6 heteroatoms. The van der Waals surface area contributed by atoms with E-state index in [0.717, 1.165) is 0 Å². The van der Waals surface area contributed by atoms with Gasteiger partial charge in [-0.25, -0.2) is 0 Å². The van der Waals surface area contributed by atoms with Gasteiger partial charge in [0.05, 0.1) is 6.10 Å². The Labute approximate surface area is 108 Å². The largest absolute Gasteiger partial charge is 0.390 e. The van der Waals surface area contributed by atoms with E-state index in [-0.39, 0.29) is 24.3 Å². The minimum absolute atomic E-state index is 0.0419. The van der Waals surface area contributed by atoms with E-state index in [1.807, 2.05) is 20.8 Å². The lowest BCUT2D eigenvalue weighted by atomic mass is 10.1. The third kappa shape index (κ3) is 7.24. The molecule has 0 spiro atoms. The molecule has 0 aliphatic heterocycles. The zero-order valence-electron chi connectivity index (χ0n) is 11.5. The van der Waals surface area contributed by atoms with E-state index in [2.05, 4.69) is 10.6 Å². The molecule has 0 saturated heterocycles. The van der Waals surface area contributed by atoms with Gasteiger partial charge in [0, 0.05) is 18.5 Å². The lowest BCUT2D eigenvalue weighted by molar-refractivity contribution is -0.136. The number of likely N-dealkylation sites (N-methyl/N-ethyl adjacent to an activating group) is 1. The third-order valence-electron chi connectivity index (χ3n) is 2.17. The van der Waals surface area contributed by atoms with Gasteiger partial charge in [-0.1, -0.05) is 0 Å². The average molecular weight is 260 g/mol. The van der Waals surface area contributed by atoms with Crippen molar-refractivity contribution in [1.29, 1.82) is 0 Å². The molecule has 0 aromatic carbocycles. The molecule has 0 rings (SSSR count). The van der Waals surface area contributed by atoms with Crippen molar-refractivity contribution in [3.8, 4) is 0 Å². The van der Waals surface area contributed by atoms with Gasteiger partial charge in [0.2, 0.25) is 5.91 Å². The minimum Gasteiger partial charge on any atom is -0.390 e. The first-order valence-corrected chi connectivity index (χ1v) is 6.12. The molecule has 0 radical (unpaired) electrons. The second-order valence-corrected chi connectivity index (χ2v) is 5.24. The van der Waals surface area contributed by atoms with Crippen molar-refractivity contribution >= 4 is 11.8 Å². The van der Waals surface area contributed by atoms with Gasteiger partial charge in [-0.05, 0) is 34.1 Å². The highest BCUT2D eigenvalue weighted by atomic mass is 16.3. The van der Waals surface area contributed by atoms with Gasteiger partial charge in [-0.3, -0.25) is 9.59 Å². The third-order valence-corrected chi connectivity index (χ3v) is 2.17. The van der Waals surface area contributed by atoms with Crippen LogP contribution in [0.5, 0.6) is 0 Å². The van der Waals surface area contributed by atoms with Crippen LogP contribution < -0.4 is 10.6 Å². The van der Waals surface area contributed by atoms with Crippen molar-refractivity contribution in [2.45, 2.75) is 58.3 Å². The second kappa shape index (κ2) is 7.33. The minimum atomic E-state index is -1.49. The second-order valence-electron chi connectivity index (χ2n) is 5.24. The number of rotatable bonds is 6. The van der Waals surface area contributed by atoms with E-state index in [0.29, 0.717) is 6.54 Å². The number of nitrogens with one attached hydrogen (secondary N) is 2. The number of aliphatic hydroxyl groups excluding tert-OH is 2. The highest BCUT2D eigenvalue weighted by Crippen LogP contribution is 2.05. The number of carbonyl (C=O) groups is 2. The van der Waals surface area contributed by atoms with Crippen molar-refractivity contribution in [3.05, 3.63) is 0 Å². The normalized spacial score (nSPS) is 14.8. The van der Waals surface area contributed by atoms with Crippen molar-refractivity contribution in [2.75, 3.05) is 6.54 Å². The standard InChI is InChI=1S/C12H24N2O4/c1-5-13-11(18)10(17)8(15)6-7-9(16)14-12(2,3)4/h8,10,15,17H,5-7H2,1-4H3,(H,13,18)(H,14,16).